The molecule has 1 saturated heterocycles. The van der Waals surface area contributed by atoms with E-state index < -0.39 is 0 Å². The van der Waals surface area contributed by atoms with Crippen molar-refractivity contribution in [1.29, 1.82) is 0 Å². The lowest BCUT2D eigenvalue weighted by molar-refractivity contribution is -0.127. The molecule has 2 rings (SSSR count). The highest BCUT2D eigenvalue weighted by atomic mass is 16.2. The molecule has 3 unspecified atom stereocenters. The van der Waals surface area contributed by atoms with Crippen molar-refractivity contribution < 1.29 is 9.59 Å². The predicted molar refractivity (Wildman–Crippen MR) is 60.7 cm³/mol. The van der Waals surface area contributed by atoms with Gasteiger partial charge >= 0.3 is 0 Å². The van der Waals surface area contributed by atoms with Gasteiger partial charge in [0.15, 0.2) is 0 Å². The molecule has 0 radical (unpaired) electrons. The van der Waals surface area contributed by atoms with Crippen LogP contribution in [-0.2, 0) is 9.59 Å². The zero-order valence-electron chi connectivity index (χ0n) is 9.79. The van der Waals surface area contributed by atoms with Gasteiger partial charge in [-0.2, -0.15) is 0 Å². The van der Waals surface area contributed by atoms with Crippen molar-refractivity contribution in [3.63, 3.8) is 0 Å². The van der Waals surface area contributed by atoms with E-state index in [1.807, 2.05) is 0 Å². The second kappa shape index (κ2) is 4.85. The molecule has 0 spiro atoms. The summed E-state index contributed by atoms with van der Waals surface area (Å²) in [7, 11) is 0. The topological polar surface area (TPSA) is 58.2 Å². The van der Waals surface area contributed by atoms with Gasteiger partial charge < -0.3 is 10.6 Å². The summed E-state index contributed by atoms with van der Waals surface area (Å²) in [5, 5.41) is 5.80. The maximum atomic E-state index is 11.9. The molecule has 0 aromatic heterocycles. The third-order valence-electron chi connectivity index (χ3n) is 3.79. The fourth-order valence-corrected chi connectivity index (χ4v) is 2.62. The number of nitrogens with one attached hydrogen (secondary N) is 2. The van der Waals surface area contributed by atoms with E-state index in [0.717, 1.165) is 6.42 Å². The first-order chi connectivity index (χ1) is 7.66. The van der Waals surface area contributed by atoms with E-state index in [4.69, 9.17) is 0 Å². The standard InChI is InChI=1S/C12H20N2O2/c1-8-4-2-3-5-10(8)14-12(16)9-6-11(15)13-7-9/h8-10H,2-7H2,1H3,(H,13,15)(H,14,16). The lowest BCUT2D eigenvalue weighted by Crippen LogP contribution is -2.44. The highest BCUT2D eigenvalue weighted by molar-refractivity contribution is 5.89. The maximum absolute atomic E-state index is 11.9. The fourth-order valence-electron chi connectivity index (χ4n) is 2.62. The Morgan fingerprint density at radius 3 is 2.75 bits per heavy atom. The lowest BCUT2D eigenvalue weighted by Gasteiger charge is -2.30. The molecule has 90 valence electrons. The SMILES string of the molecule is CC1CCCCC1NC(=O)C1CNC(=O)C1. The number of amides is 2. The summed E-state index contributed by atoms with van der Waals surface area (Å²) in [6.07, 6.45) is 5.12. The van der Waals surface area contributed by atoms with Crippen LogP contribution in [0.5, 0.6) is 0 Å². The molecule has 2 amide bonds. The van der Waals surface area contributed by atoms with Crippen LogP contribution in [0.3, 0.4) is 0 Å². The van der Waals surface area contributed by atoms with Gasteiger partial charge in [0.1, 0.15) is 0 Å². The Bertz CT molecular complexity index is 291. The Hall–Kier alpha value is -1.06. The van der Waals surface area contributed by atoms with Gasteiger partial charge in [0.2, 0.25) is 11.8 Å². The fraction of sp³-hybridized carbons (Fsp3) is 0.833. The van der Waals surface area contributed by atoms with E-state index in [1.54, 1.807) is 0 Å². The second-order valence-corrected chi connectivity index (χ2v) is 5.08. The largest absolute Gasteiger partial charge is 0.355 e. The maximum Gasteiger partial charge on any atom is 0.225 e. The normalized spacial score (nSPS) is 34.6. The first kappa shape index (κ1) is 11.4. The third-order valence-corrected chi connectivity index (χ3v) is 3.79. The van der Waals surface area contributed by atoms with Crippen molar-refractivity contribution in [3.8, 4) is 0 Å². The summed E-state index contributed by atoms with van der Waals surface area (Å²) in [6, 6.07) is 0.317. The monoisotopic (exact) mass is 224 g/mol. The second-order valence-electron chi connectivity index (χ2n) is 5.08. The predicted octanol–water partition coefficient (Wildman–Crippen LogP) is 0.817. The van der Waals surface area contributed by atoms with Gasteiger partial charge in [-0.1, -0.05) is 19.8 Å². The Morgan fingerprint density at radius 1 is 1.38 bits per heavy atom. The molecule has 2 N–H and O–H groups in total. The molecule has 2 aliphatic rings. The first-order valence-electron chi connectivity index (χ1n) is 6.24. The van der Waals surface area contributed by atoms with E-state index in [0.29, 0.717) is 24.9 Å². The number of rotatable bonds is 2. The van der Waals surface area contributed by atoms with Crippen molar-refractivity contribution in [2.45, 2.75) is 45.1 Å². The highest BCUT2D eigenvalue weighted by Gasteiger charge is 2.30. The van der Waals surface area contributed by atoms with Crippen LogP contribution in [0.25, 0.3) is 0 Å². The van der Waals surface area contributed by atoms with E-state index >= 15 is 0 Å². The van der Waals surface area contributed by atoms with Crippen molar-refractivity contribution in [2.75, 3.05) is 6.54 Å². The highest BCUT2D eigenvalue weighted by Crippen LogP contribution is 2.24. The summed E-state index contributed by atoms with van der Waals surface area (Å²) in [5.41, 5.74) is 0. The Morgan fingerprint density at radius 2 is 2.12 bits per heavy atom. The minimum absolute atomic E-state index is 0.00292. The molecule has 4 nitrogen and oxygen atoms in total. The van der Waals surface area contributed by atoms with Gasteiger partial charge in [0.05, 0.1) is 5.92 Å². The van der Waals surface area contributed by atoms with Gasteiger partial charge in [0.25, 0.3) is 0 Å². The Balaban J connectivity index is 1.84. The van der Waals surface area contributed by atoms with Crippen molar-refractivity contribution in [3.05, 3.63) is 0 Å². The van der Waals surface area contributed by atoms with Crippen LogP contribution in [-0.4, -0.2) is 24.4 Å². The molecular formula is C12H20N2O2. The van der Waals surface area contributed by atoms with Crippen molar-refractivity contribution >= 4 is 11.8 Å². The zero-order chi connectivity index (χ0) is 11.5. The molecule has 0 aromatic rings. The summed E-state index contributed by atoms with van der Waals surface area (Å²) in [4.78, 5) is 22.9. The van der Waals surface area contributed by atoms with Crippen LogP contribution >= 0.6 is 0 Å². The van der Waals surface area contributed by atoms with Gasteiger partial charge in [-0.15, -0.1) is 0 Å². The number of hydrogen-bond donors (Lipinski definition) is 2. The van der Waals surface area contributed by atoms with Gasteiger partial charge in [-0.3, -0.25) is 9.59 Å². The third kappa shape index (κ3) is 2.54. The zero-order valence-corrected chi connectivity index (χ0v) is 9.79. The van der Waals surface area contributed by atoms with Gasteiger partial charge in [-0.05, 0) is 18.8 Å². The minimum Gasteiger partial charge on any atom is -0.355 e. The number of carbonyl (C=O) groups is 2. The summed E-state index contributed by atoms with van der Waals surface area (Å²) < 4.78 is 0. The molecule has 1 saturated carbocycles. The molecule has 4 heteroatoms. The Labute approximate surface area is 96.2 Å². The van der Waals surface area contributed by atoms with Crippen LogP contribution in [0, 0.1) is 11.8 Å². The molecule has 0 aromatic carbocycles. The van der Waals surface area contributed by atoms with E-state index in [-0.39, 0.29) is 17.7 Å². The van der Waals surface area contributed by atoms with E-state index in [9.17, 15) is 9.59 Å². The van der Waals surface area contributed by atoms with Crippen LogP contribution in [0.4, 0.5) is 0 Å². The number of carbonyl (C=O) groups excluding carboxylic acids is 2. The van der Waals surface area contributed by atoms with Crippen LogP contribution in [0.2, 0.25) is 0 Å². The van der Waals surface area contributed by atoms with Crippen molar-refractivity contribution in [1.82, 2.24) is 10.6 Å². The molecule has 2 fully saturated rings. The van der Waals surface area contributed by atoms with E-state index in [1.165, 1.54) is 19.3 Å². The lowest BCUT2D eigenvalue weighted by atomic mass is 9.85. The molecular weight excluding hydrogens is 204 g/mol. The average molecular weight is 224 g/mol. The molecule has 1 heterocycles. The van der Waals surface area contributed by atoms with Crippen molar-refractivity contribution in [2.24, 2.45) is 11.8 Å². The summed E-state index contributed by atoms with van der Waals surface area (Å²) >= 11 is 0. The van der Waals surface area contributed by atoms with Crippen LogP contribution in [0.1, 0.15) is 39.0 Å². The number of hydrogen-bond acceptors (Lipinski definition) is 2. The summed E-state index contributed by atoms with van der Waals surface area (Å²) in [5.74, 6) is 0.471. The molecule has 1 aliphatic carbocycles. The molecule has 0 bridgehead atoms. The Kier molecular flexibility index (Phi) is 3.46. The average Bonchev–Trinajstić information content (AvgIpc) is 2.68. The molecule has 16 heavy (non-hydrogen) atoms. The smallest absolute Gasteiger partial charge is 0.225 e. The minimum atomic E-state index is -0.151. The quantitative estimate of drug-likeness (QED) is 0.729. The van der Waals surface area contributed by atoms with E-state index in [2.05, 4.69) is 17.6 Å². The molecule has 3 atom stereocenters. The summed E-state index contributed by atoms with van der Waals surface area (Å²) in [6.45, 7) is 2.70. The van der Waals surface area contributed by atoms with Gasteiger partial charge in [0, 0.05) is 19.0 Å². The van der Waals surface area contributed by atoms with Gasteiger partial charge in [-0.25, -0.2) is 0 Å². The first-order valence-corrected chi connectivity index (χ1v) is 6.24. The van der Waals surface area contributed by atoms with Crippen LogP contribution in [0.15, 0.2) is 0 Å². The van der Waals surface area contributed by atoms with Crippen LogP contribution < -0.4 is 10.6 Å². The molecule has 1 aliphatic heterocycles.